The van der Waals surface area contributed by atoms with Gasteiger partial charge in [-0.1, -0.05) is 11.6 Å². The van der Waals surface area contributed by atoms with Crippen LogP contribution in [0.5, 0.6) is 0 Å². The Balaban J connectivity index is 2.05. The molecule has 0 radical (unpaired) electrons. The number of hydrogen-bond acceptors (Lipinski definition) is 3. The van der Waals surface area contributed by atoms with Crippen molar-refractivity contribution < 1.29 is 0 Å². The van der Waals surface area contributed by atoms with Crippen LogP contribution in [0.4, 0.5) is 0 Å². The van der Waals surface area contributed by atoms with Crippen molar-refractivity contribution in [2.75, 3.05) is 13.1 Å². The van der Waals surface area contributed by atoms with E-state index in [0.717, 1.165) is 31.0 Å². The molecule has 1 atom stereocenters. The fourth-order valence-electron chi connectivity index (χ4n) is 1.75. The van der Waals surface area contributed by atoms with Gasteiger partial charge in [0.25, 0.3) is 0 Å². The standard InChI is InChI=1S/C10H14ClN3/c1-7-9(11)6-13-10(14-7)4-8-2-3-12-5-8/h6,8,12H,2-5H2,1H3/t8-/m0/s1. The Morgan fingerprint density at radius 1 is 1.64 bits per heavy atom. The van der Waals surface area contributed by atoms with Gasteiger partial charge in [-0.05, 0) is 32.4 Å². The van der Waals surface area contributed by atoms with Gasteiger partial charge in [0.05, 0.1) is 10.7 Å². The number of aryl methyl sites for hydroxylation is 1. The van der Waals surface area contributed by atoms with Gasteiger partial charge in [-0.3, -0.25) is 0 Å². The molecule has 0 bridgehead atoms. The summed E-state index contributed by atoms with van der Waals surface area (Å²) < 4.78 is 0. The van der Waals surface area contributed by atoms with Crippen molar-refractivity contribution in [3.8, 4) is 0 Å². The van der Waals surface area contributed by atoms with Crippen molar-refractivity contribution in [2.24, 2.45) is 5.92 Å². The van der Waals surface area contributed by atoms with Gasteiger partial charge in [0.2, 0.25) is 0 Å². The molecule has 1 N–H and O–H groups in total. The monoisotopic (exact) mass is 211 g/mol. The molecule has 1 aliphatic heterocycles. The second-order valence-corrected chi connectivity index (χ2v) is 4.19. The first-order chi connectivity index (χ1) is 6.75. The third-order valence-corrected chi connectivity index (χ3v) is 2.97. The summed E-state index contributed by atoms with van der Waals surface area (Å²) in [5.41, 5.74) is 0.877. The highest BCUT2D eigenvalue weighted by molar-refractivity contribution is 6.31. The molecule has 2 rings (SSSR count). The summed E-state index contributed by atoms with van der Waals surface area (Å²) in [6, 6.07) is 0. The SMILES string of the molecule is Cc1nc(C[C@@H]2CCNC2)ncc1Cl. The van der Waals surface area contributed by atoms with E-state index in [1.807, 2.05) is 6.92 Å². The van der Waals surface area contributed by atoms with Crippen molar-refractivity contribution >= 4 is 11.6 Å². The van der Waals surface area contributed by atoms with Crippen LogP contribution in [-0.2, 0) is 6.42 Å². The molecular formula is C10H14ClN3. The number of hydrogen-bond donors (Lipinski definition) is 1. The first kappa shape index (κ1) is 9.87. The van der Waals surface area contributed by atoms with Gasteiger partial charge in [0.15, 0.2) is 0 Å². The Morgan fingerprint density at radius 2 is 2.50 bits per heavy atom. The molecule has 1 aromatic heterocycles. The maximum atomic E-state index is 5.86. The minimum Gasteiger partial charge on any atom is -0.316 e. The number of nitrogens with one attached hydrogen (secondary N) is 1. The lowest BCUT2D eigenvalue weighted by Crippen LogP contribution is -2.12. The Hall–Kier alpha value is -0.670. The first-order valence-corrected chi connectivity index (χ1v) is 5.32. The summed E-state index contributed by atoms with van der Waals surface area (Å²) in [6.07, 6.45) is 3.89. The molecule has 1 saturated heterocycles. The average molecular weight is 212 g/mol. The third kappa shape index (κ3) is 2.22. The molecule has 1 aromatic rings. The molecule has 0 unspecified atom stereocenters. The van der Waals surface area contributed by atoms with Crippen LogP contribution in [0, 0.1) is 12.8 Å². The van der Waals surface area contributed by atoms with E-state index in [-0.39, 0.29) is 0 Å². The fourth-order valence-corrected chi connectivity index (χ4v) is 1.84. The van der Waals surface area contributed by atoms with Gasteiger partial charge in [-0.15, -0.1) is 0 Å². The van der Waals surface area contributed by atoms with Crippen LogP contribution in [0.15, 0.2) is 6.20 Å². The number of nitrogens with zero attached hydrogens (tertiary/aromatic N) is 2. The van der Waals surface area contributed by atoms with E-state index in [0.29, 0.717) is 10.9 Å². The normalized spacial score (nSPS) is 21.4. The minimum atomic E-state index is 0.651. The summed E-state index contributed by atoms with van der Waals surface area (Å²) in [5, 5.41) is 3.99. The van der Waals surface area contributed by atoms with Crippen molar-refractivity contribution in [3.63, 3.8) is 0 Å². The van der Waals surface area contributed by atoms with Crippen LogP contribution in [0.3, 0.4) is 0 Å². The quantitative estimate of drug-likeness (QED) is 0.808. The van der Waals surface area contributed by atoms with Crippen molar-refractivity contribution in [1.82, 2.24) is 15.3 Å². The summed E-state index contributed by atoms with van der Waals surface area (Å²) >= 11 is 5.86. The second kappa shape index (κ2) is 4.24. The lowest BCUT2D eigenvalue weighted by molar-refractivity contribution is 0.560. The van der Waals surface area contributed by atoms with E-state index < -0.39 is 0 Å². The highest BCUT2D eigenvalue weighted by Gasteiger charge is 2.16. The highest BCUT2D eigenvalue weighted by atomic mass is 35.5. The topological polar surface area (TPSA) is 37.8 Å². The van der Waals surface area contributed by atoms with E-state index in [2.05, 4.69) is 15.3 Å². The minimum absolute atomic E-state index is 0.651. The summed E-state index contributed by atoms with van der Waals surface area (Å²) in [7, 11) is 0. The van der Waals surface area contributed by atoms with E-state index >= 15 is 0 Å². The highest BCUT2D eigenvalue weighted by Crippen LogP contribution is 2.15. The maximum absolute atomic E-state index is 5.86. The second-order valence-electron chi connectivity index (χ2n) is 3.78. The van der Waals surface area contributed by atoms with E-state index in [1.165, 1.54) is 6.42 Å². The molecule has 1 aliphatic rings. The van der Waals surface area contributed by atoms with Gasteiger partial charge in [0, 0.05) is 12.6 Å². The fraction of sp³-hybridized carbons (Fsp3) is 0.600. The zero-order valence-electron chi connectivity index (χ0n) is 8.26. The average Bonchev–Trinajstić information content (AvgIpc) is 2.64. The van der Waals surface area contributed by atoms with Gasteiger partial charge < -0.3 is 5.32 Å². The van der Waals surface area contributed by atoms with Crippen LogP contribution in [0.2, 0.25) is 5.02 Å². The Labute approximate surface area is 88.9 Å². The molecule has 0 spiro atoms. The van der Waals surface area contributed by atoms with Crippen LogP contribution in [0.25, 0.3) is 0 Å². The van der Waals surface area contributed by atoms with Gasteiger partial charge in [-0.25, -0.2) is 9.97 Å². The lowest BCUT2D eigenvalue weighted by atomic mass is 10.0. The van der Waals surface area contributed by atoms with Gasteiger partial charge in [-0.2, -0.15) is 0 Å². The molecule has 14 heavy (non-hydrogen) atoms. The van der Waals surface area contributed by atoms with Crippen LogP contribution in [0.1, 0.15) is 17.9 Å². The molecule has 4 heteroatoms. The van der Waals surface area contributed by atoms with Crippen molar-refractivity contribution in [3.05, 3.63) is 22.7 Å². The Bertz CT molecular complexity index is 321. The molecule has 1 fully saturated rings. The summed E-state index contributed by atoms with van der Waals surface area (Å²) in [5.74, 6) is 1.61. The third-order valence-electron chi connectivity index (χ3n) is 2.60. The van der Waals surface area contributed by atoms with E-state index in [9.17, 15) is 0 Å². The predicted octanol–water partition coefficient (Wildman–Crippen LogP) is 1.59. The number of aromatic nitrogens is 2. The Kier molecular flexibility index (Phi) is 2.99. The molecule has 0 aromatic carbocycles. The number of rotatable bonds is 2. The molecule has 76 valence electrons. The van der Waals surface area contributed by atoms with Crippen molar-refractivity contribution in [2.45, 2.75) is 19.8 Å². The van der Waals surface area contributed by atoms with Crippen LogP contribution >= 0.6 is 11.6 Å². The summed E-state index contributed by atoms with van der Waals surface area (Å²) in [6.45, 7) is 4.13. The van der Waals surface area contributed by atoms with Crippen LogP contribution < -0.4 is 5.32 Å². The molecular weight excluding hydrogens is 198 g/mol. The van der Waals surface area contributed by atoms with Gasteiger partial charge >= 0.3 is 0 Å². The Morgan fingerprint density at radius 3 is 3.14 bits per heavy atom. The first-order valence-electron chi connectivity index (χ1n) is 4.94. The lowest BCUT2D eigenvalue weighted by Gasteiger charge is -2.07. The number of halogens is 1. The van der Waals surface area contributed by atoms with E-state index in [4.69, 9.17) is 11.6 Å². The predicted molar refractivity (Wildman–Crippen MR) is 56.5 cm³/mol. The zero-order valence-corrected chi connectivity index (χ0v) is 9.01. The molecule has 0 aliphatic carbocycles. The molecule has 3 nitrogen and oxygen atoms in total. The van der Waals surface area contributed by atoms with Crippen molar-refractivity contribution in [1.29, 1.82) is 0 Å². The van der Waals surface area contributed by atoms with Crippen LogP contribution in [-0.4, -0.2) is 23.1 Å². The molecule has 0 amide bonds. The molecule has 0 saturated carbocycles. The van der Waals surface area contributed by atoms with E-state index in [1.54, 1.807) is 6.20 Å². The zero-order chi connectivity index (χ0) is 9.97. The molecule has 2 heterocycles. The summed E-state index contributed by atoms with van der Waals surface area (Å²) in [4.78, 5) is 8.60. The maximum Gasteiger partial charge on any atom is 0.128 e. The van der Waals surface area contributed by atoms with Gasteiger partial charge in [0.1, 0.15) is 5.82 Å². The largest absolute Gasteiger partial charge is 0.316 e. The smallest absolute Gasteiger partial charge is 0.128 e.